The zero-order valence-corrected chi connectivity index (χ0v) is 13.6. The summed E-state index contributed by atoms with van der Waals surface area (Å²) in [6.07, 6.45) is -0.947. The van der Waals surface area contributed by atoms with Crippen LogP contribution in [0.5, 0.6) is 0 Å². The van der Waals surface area contributed by atoms with Crippen molar-refractivity contribution in [3.05, 3.63) is 21.8 Å². The van der Waals surface area contributed by atoms with Crippen LogP contribution >= 0.6 is 15.9 Å². The van der Waals surface area contributed by atoms with Gasteiger partial charge >= 0.3 is 12.2 Å². The van der Waals surface area contributed by atoms with E-state index in [1.165, 1.54) is 6.20 Å². The van der Waals surface area contributed by atoms with E-state index in [1.54, 1.807) is 34.6 Å². The first-order valence-corrected chi connectivity index (χ1v) is 6.71. The van der Waals surface area contributed by atoms with E-state index in [9.17, 15) is 14.7 Å². The van der Waals surface area contributed by atoms with Gasteiger partial charge in [-0.25, -0.2) is 14.6 Å². The lowest BCUT2D eigenvalue weighted by molar-refractivity contribution is 0.0580. The van der Waals surface area contributed by atoms with Crippen LogP contribution in [0.4, 0.5) is 15.4 Å². The second-order valence-electron chi connectivity index (χ2n) is 5.28. The summed E-state index contributed by atoms with van der Waals surface area (Å²) in [5.41, 5.74) is 0.612. The Balaban J connectivity index is 3.26. The molecule has 0 fully saturated rings. The van der Waals surface area contributed by atoms with Gasteiger partial charge in [-0.05, 0) is 61.7 Å². The lowest BCUT2D eigenvalue weighted by Gasteiger charge is -2.25. The molecular weight excluding hydrogens is 328 g/mol. The fraction of sp³-hybridized carbons (Fsp3) is 0.462. The summed E-state index contributed by atoms with van der Waals surface area (Å²) in [7, 11) is 0. The summed E-state index contributed by atoms with van der Waals surface area (Å²) < 4.78 is 5.84. The van der Waals surface area contributed by atoms with E-state index in [2.05, 4.69) is 20.9 Å². The number of halogens is 1. The number of carbonyl (C=O) groups is 2. The van der Waals surface area contributed by atoms with Crippen molar-refractivity contribution in [1.82, 2.24) is 4.98 Å². The Morgan fingerprint density at radius 3 is 2.30 bits per heavy atom. The summed E-state index contributed by atoms with van der Waals surface area (Å²) in [5, 5.41) is 9.25. The summed E-state index contributed by atoms with van der Waals surface area (Å²) in [6.45, 7) is 8.50. The van der Waals surface area contributed by atoms with Crippen molar-refractivity contribution in [2.45, 2.75) is 40.2 Å². The van der Waals surface area contributed by atoms with E-state index in [1.807, 2.05) is 0 Å². The lowest BCUT2D eigenvalue weighted by Crippen LogP contribution is -2.41. The van der Waals surface area contributed by atoms with E-state index < -0.39 is 17.8 Å². The molecule has 1 N–H and O–H groups in total. The average molecular weight is 345 g/mol. The van der Waals surface area contributed by atoms with Gasteiger partial charge in [0.05, 0.1) is 0 Å². The van der Waals surface area contributed by atoms with E-state index in [0.29, 0.717) is 10.5 Å². The van der Waals surface area contributed by atoms with Crippen LogP contribution in [0.1, 0.15) is 31.9 Å². The molecule has 20 heavy (non-hydrogen) atoms. The number of imide groups is 1. The van der Waals surface area contributed by atoms with Gasteiger partial charge in [0, 0.05) is 10.7 Å². The number of carbonyl (C=O) groups excluding carboxylic acids is 1. The van der Waals surface area contributed by atoms with Gasteiger partial charge < -0.3 is 9.84 Å². The number of hydrogen-bond acceptors (Lipinski definition) is 4. The van der Waals surface area contributed by atoms with Gasteiger partial charge in [-0.3, -0.25) is 0 Å². The van der Waals surface area contributed by atoms with Crippen molar-refractivity contribution in [2.75, 3.05) is 4.90 Å². The monoisotopic (exact) mass is 344 g/mol. The van der Waals surface area contributed by atoms with Crippen LogP contribution in [0.2, 0.25) is 0 Å². The van der Waals surface area contributed by atoms with Crippen molar-refractivity contribution in [3.8, 4) is 0 Å². The van der Waals surface area contributed by atoms with Crippen molar-refractivity contribution in [1.29, 1.82) is 0 Å². The Labute approximate surface area is 125 Å². The predicted molar refractivity (Wildman–Crippen MR) is 78.1 cm³/mol. The highest BCUT2D eigenvalue weighted by atomic mass is 79.9. The first kappa shape index (κ1) is 16.4. The Bertz CT molecular complexity index is 552. The Morgan fingerprint density at radius 2 is 1.85 bits per heavy atom. The van der Waals surface area contributed by atoms with Gasteiger partial charge in [0.25, 0.3) is 0 Å². The Kier molecular flexibility index (Phi) is 4.75. The van der Waals surface area contributed by atoms with Crippen LogP contribution < -0.4 is 4.90 Å². The van der Waals surface area contributed by atoms with E-state index in [4.69, 9.17) is 4.74 Å². The van der Waals surface area contributed by atoms with Crippen molar-refractivity contribution in [2.24, 2.45) is 0 Å². The van der Waals surface area contributed by atoms with Crippen LogP contribution in [0.15, 0.2) is 10.7 Å². The maximum Gasteiger partial charge on any atom is 0.425 e. The molecule has 2 amide bonds. The number of hydrogen-bond donors (Lipinski definition) is 1. The molecular formula is C13H17BrN2O4. The molecule has 7 heteroatoms. The predicted octanol–water partition coefficient (Wildman–Crippen LogP) is 3.88. The first-order valence-electron chi connectivity index (χ1n) is 5.92. The summed E-state index contributed by atoms with van der Waals surface area (Å²) in [4.78, 5) is 27.9. The minimum Gasteiger partial charge on any atom is -0.464 e. The number of rotatable bonds is 1. The quantitative estimate of drug-likeness (QED) is 0.835. The van der Waals surface area contributed by atoms with Gasteiger partial charge in [0.2, 0.25) is 0 Å². The maximum atomic E-state index is 12.0. The zero-order valence-electron chi connectivity index (χ0n) is 12.0. The molecule has 0 radical (unpaired) electrons. The van der Waals surface area contributed by atoms with Crippen LogP contribution in [0.3, 0.4) is 0 Å². The average Bonchev–Trinajstić information content (AvgIpc) is 2.27. The number of carboxylic acid groups (broad SMARTS) is 1. The van der Waals surface area contributed by atoms with Gasteiger partial charge in [-0.1, -0.05) is 0 Å². The minimum absolute atomic E-state index is 0.0486. The number of ether oxygens (including phenoxy) is 1. The molecule has 0 saturated carbocycles. The first-order chi connectivity index (χ1) is 9.04. The van der Waals surface area contributed by atoms with Gasteiger partial charge in [0.15, 0.2) is 5.82 Å². The molecule has 110 valence electrons. The largest absolute Gasteiger partial charge is 0.464 e. The maximum absolute atomic E-state index is 12.0. The molecule has 0 saturated heterocycles. The highest BCUT2D eigenvalue weighted by molar-refractivity contribution is 9.10. The number of nitrogens with zero attached hydrogens (tertiary/aromatic N) is 2. The minimum atomic E-state index is -1.43. The topological polar surface area (TPSA) is 79.7 Å². The second kappa shape index (κ2) is 5.78. The SMILES string of the molecule is Cc1c(Br)cnc(N(C(=O)O)C(=O)OC(C)(C)C)c1C. The molecule has 1 rings (SSSR count). The zero-order chi connectivity index (χ0) is 15.7. The molecule has 0 aliphatic heterocycles. The molecule has 0 unspecified atom stereocenters. The van der Waals surface area contributed by atoms with Crippen LogP contribution in [-0.4, -0.2) is 27.9 Å². The fourth-order valence-corrected chi connectivity index (χ4v) is 1.85. The molecule has 6 nitrogen and oxygen atoms in total. The third-order valence-corrected chi connectivity index (χ3v) is 3.33. The van der Waals surface area contributed by atoms with Gasteiger partial charge in [-0.15, -0.1) is 0 Å². The van der Waals surface area contributed by atoms with E-state index >= 15 is 0 Å². The molecule has 0 bridgehead atoms. The number of pyridine rings is 1. The lowest BCUT2D eigenvalue weighted by atomic mass is 10.1. The molecule has 1 heterocycles. The summed E-state index contributed by atoms with van der Waals surface area (Å²) in [6, 6.07) is 0. The molecule has 0 spiro atoms. The van der Waals surface area contributed by atoms with Crippen molar-refractivity contribution >= 4 is 33.9 Å². The van der Waals surface area contributed by atoms with Crippen LogP contribution in [0.25, 0.3) is 0 Å². The normalized spacial score (nSPS) is 11.1. The summed E-state index contributed by atoms with van der Waals surface area (Å²) in [5.74, 6) is 0.0486. The fourth-order valence-electron chi connectivity index (χ4n) is 1.45. The number of anilines is 1. The Morgan fingerprint density at radius 1 is 1.30 bits per heavy atom. The third-order valence-electron chi connectivity index (χ3n) is 2.54. The smallest absolute Gasteiger partial charge is 0.425 e. The standard InChI is InChI=1S/C13H17BrN2O4/c1-7-8(2)10(15-6-9(7)14)16(11(17)18)12(19)20-13(3,4)5/h6H,1-5H3,(H,17,18). The molecule has 0 aliphatic carbocycles. The summed E-state index contributed by atoms with van der Waals surface area (Å²) >= 11 is 3.31. The molecule has 0 aliphatic rings. The van der Waals surface area contributed by atoms with E-state index in [-0.39, 0.29) is 5.82 Å². The highest BCUT2D eigenvalue weighted by Gasteiger charge is 2.31. The van der Waals surface area contributed by atoms with Crippen LogP contribution in [0, 0.1) is 13.8 Å². The van der Waals surface area contributed by atoms with Gasteiger partial charge in [0.1, 0.15) is 5.60 Å². The highest BCUT2D eigenvalue weighted by Crippen LogP contribution is 2.27. The van der Waals surface area contributed by atoms with Gasteiger partial charge in [-0.2, -0.15) is 4.90 Å². The molecule has 0 atom stereocenters. The Hall–Kier alpha value is -1.63. The van der Waals surface area contributed by atoms with E-state index in [0.717, 1.165) is 10.0 Å². The van der Waals surface area contributed by atoms with Crippen molar-refractivity contribution < 1.29 is 19.4 Å². The molecule has 1 aromatic heterocycles. The number of amides is 2. The molecule has 1 aromatic rings. The molecule has 0 aromatic carbocycles. The van der Waals surface area contributed by atoms with Crippen molar-refractivity contribution in [3.63, 3.8) is 0 Å². The third kappa shape index (κ3) is 3.69. The second-order valence-corrected chi connectivity index (χ2v) is 6.13. The van der Waals surface area contributed by atoms with Crippen LogP contribution in [-0.2, 0) is 4.74 Å². The number of aromatic nitrogens is 1.